The molecule has 7 nitrogen and oxygen atoms in total. The van der Waals surface area contributed by atoms with Crippen LogP contribution in [0.2, 0.25) is 0 Å². The van der Waals surface area contributed by atoms with E-state index in [0.29, 0.717) is 18.6 Å². The van der Waals surface area contributed by atoms with Gasteiger partial charge in [0.2, 0.25) is 10.0 Å². The predicted molar refractivity (Wildman–Crippen MR) is 127 cm³/mol. The predicted octanol–water partition coefficient (Wildman–Crippen LogP) is 3.08. The average molecular weight is 467 g/mol. The van der Waals surface area contributed by atoms with Gasteiger partial charge >= 0.3 is 0 Å². The topological polar surface area (TPSA) is 76.5 Å². The molecule has 0 amide bonds. The molecule has 0 radical (unpaired) electrons. The Morgan fingerprint density at radius 1 is 1.09 bits per heavy atom. The number of hydrogen-bond donors (Lipinski definition) is 1. The van der Waals surface area contributed by atoms with Gasteiger partial charge < -0.3 is 4.74 Å². The number of benzene rings is 2. The molecule has 1 fully saturated rings. The van der Waals surface area contributed by atoms with Gasteiger partial charge in [-0.2, -0.15) is 5.10 Å². The number of fused-ring (bicyclic) bond motifs is 1. The summed E-state index contributed by atoms with van der Waals surface area (Å²) in [4.78, 5) is 2.73. The summed E-state index contributed by atoms with van der Waals surface area (Å²) in [6, 6.07) is 17.0. The van der Waals surface area contributed by atoms with Crippen molar-refractivity contribution in [1.29, 1.82) is 0 Å². The highest BCUT2D eigenvalue weighted by atomic mass is 32.2. The molecule has 0 spiro atoms. The SMILES string of the molecule is Cn1cc(S(=O)(=O)NCc2ccc3c(c2)C(Cc2ccccc2)C(N2CCCC2)CO3)cn1. The van der Waals surface area contributed by atoms with Crippen molar-refractivity contribution in [3.63, 3.8) is 0 Å². The molecule has 2 unspecified atom stereocenters. The van der Waals surface area contributed by atoms with Crippen LogP contribution >= 0.6 is 0 Å². The normalized spacial score (nSPS) is 21.0. The number of nitrogens with zero attached hydrogens (tertiary/aromatic N) is 3. The molecule has 2 aliphatic heterocycles. The van der Waals surface area contributed by atoms with Gasteiger partial charge in [-0.15, -0.1) is 0 Å². The number of likely N-dealkylation sites (tertiary alicyclic amines) is 1. The summed E-state index contributed by atoms with van der Waals surface area (Å²) in [5.74, 6) is 1.20. The van der Waals surface area contributed by atoms with Crippen LogP contribution in [0.3, 0.4) is 0 Å². The van der Waals surface area contributed by atoms with Crippen LogP contribution < -0.4 is 9.46 Å². The number of ether oxygens (including phenoxy) is 1. The van der Waals surface area contributed by atoms with Gasteiger partial charge in [0.05, 0.1) is 12.2 Å². The van der Waals surface area contributed by atoms with Gasteiger partial charge in [-0.25, -0.2) is 13.1 Å². The van der Waals surface area contributed by atoms with E-state index in [9.17, 15) is 8.42 Å². The average Bonchev–Trinajstić information content (AvgIpc) is 3.51. The van der Waals surface area contributed by atoms with Crippen LogP contribution in [-0.4, -0.2) is 48.8 Å². The second-order valence-electron chi connectivity index (χ2n) is 8.96. The van der Waals surface area contributed by atoms with Crippen molar-refractivity contribution in [3.8, 4) is 5.75 Å². The number of aryl methyl sites for hydroxylation is 1. The van der Waals surface area contributed by atoms with Crippen LogP contribution in [0.15, 0.2) is 65.8 Å². The second kappa shape index (κ2) is 9.29. The molecular formula is C25H30N4O3S. The molecule has 5 rings (SSSR count). The lowest BCUT2D eigenvalue weighted by Gasteiger charge is -2.39. The second-order valence-corrected chi connectivity index (χ2v) is 10.7. The van der Waals surface area contributed by atoms with Crippen LogP contribution in [0.1, 0.15) is 35.4 Å². The highest BCUT2D eigenvalue weighted by Crippen LogP contribution is 2.39. The fraction of sp³-hybridized carbons (Fsp3) is 0.400. The minimum atomic E-state index is -3.62. The summed E-state index contributed by atoms with van der Waals surface area (Å²) >= 11 is 0. The van der Waals surface area contributed by atoms with E-state index in [-0.39, 0.29) is 11.4 Å². The van der Waals surface area contributed by atoms with Gasteiger partial charge in [0.25, 0.3) is 0 Å². The first-order valence-electron chi connectivity index (χ1n) is 11.5. The smallest absolute Gasteiger partial charge is 0.243 e. The first-order valence-corrected chi connectivity index (χ1v) is 13.0. The number of sulfonamides is 1. The largest absolute Gasteiger partial charge is 0.492 e. The van der Waals surface area contributed by atoms with Crippen molar-refractivity contribution in [2.45, 2.75) is 42.7 Å². The monoisotopic (exact) mass is 466 g/mol. The Morgan fingerprint density at radius 2 is 1.88 bits per heavy atom. The van der Waals surface area contributed by atoms with Gasteiger partial charge in [-0.05, 0) is 55.1 Å². The molecule has 174 valence electrons. The van der Waals surface area contributed by atoms with Gasteiger partial charge in [0.15, 0.2) is 0 Å². The Balaban J connectivity index is 1.41. The Labute approximate surface area is 195 Å². The molecule has 3 aromatic rings. The van der Waals surface area contributed by atoms with Gasteiger partial charge in [-0.1, -0.05) is 42.5 Å². The Bertz CT molecular complexity index is 1200. The van der Waals surface area contributed by atoms with Crippen LogP contribution in [0, 0.1) is 0 Å². The molecule has 33 heavy (non-hydrogen) atoms. The third kappa shape index (κ3) is 4.83. The van der Waals surface area contributed by atoms with Crippen molar-refractivity contribution in [2.75, 3.05) is 19.7 Å². The Kier molecular flexibility index (Phi) is 6.23. The lowest BCUT2D eigenvalue weighted by Crippen LogP contribution is -2.45. The van der Waals surface area contributed by atoms with E-state index in [4.69, 9.17) is 4.74 Å². The fourth-order valence-corrected chi connectivity index (χ4v) is 5.97. The van der Waals surface area contributed by atoms with Gasteiger partial charge in [-0.3, -0.25) is 9.58 Å². The number of rotatable bonds is 7. The lowest BCUT2D eigenvalue weighted by atomic mass is 9.82. The standard InChI is InChI=1S/C25H30N4O3S/c1-28-17-21(16-26-28)33(30,31)27-15-20-9-10-25-23(14-20)22(13-19-7-3-2-4-8-19)24(18-32-25)29-11-5-6-12-29/h2-4,7-10,14,16-17,22,24,27H,5-6,11-13,15,18H2,1H3. The summed E-state index contributed by atoms with van der Waals surface area (Å²) in [7, 11) is -1.92. The van der Waals surface area contributed by atoms with E-state index in [2.05, 4.69) is 45.1 Å². The lowest BCUT2D eigenvalue weighted by molar-refractivity contribution is 0.116. The number of nitrogens with one attached hydrogen (secondary N) is 1. The summed E-state index contributed by atoms with van der Waals surface area (Å²) in [5, 5.41) is 3.97. The van der Waals surface area contributed by atoms with Gasteiger partial charge in [0.1, 0.15) is 17.3 Å². The van der Waals surface area contributed by atoms with Crippen molar-refractivity contribution in [3.05, 3.63) is 77.6 Å². The van der Waals surface area contributed by atoms with E-state index < -0.39 is 10.0 Å². The summed E-state index contributed by atoms with van der Waals surface area (Å²) < 4.78 is 35.7. The van der Waals surface area contributed by atoms with Crippen LogP contribution in [-0.2, 0) is 30.0 Å². The zero-order chi connectivity index (χ0) is 22.8. The third-order valence-corrected chi connectivity index (χ3v) is 8.07. The molecule has 1 N–H and O–H groups in total. The fourth-order valence-electron chi connectivity index (χ4n) is 4.97. The summed E-state index contributed by atoms with van der Waals surface area (Å²) in [6.45, 7) is 3.13. The molecular weight excluding hydrogens is 436 g/mol. The minimum absolute atomic E-state index is 0.169. The quantitative estimate of drug-likeness (QED) is 0.579. The van der Waals surface area contributed by atoms with Crippen molar-refractivity contribution >= 4 is 10.0 Å². The molecule has 0 saturated carbocycles. The molecule has 2 aliphatic rings. The zero-order valence-corrected chi connectivity index (χ0v) is 19.7. The van der Waals surface area contributed by atoms with E-state index in [1.807, 2.05) is 18.2 Å². The summed E-state index contributed by atoms with van der Waals surface area (Å²) in [6.07, 6.45) is 6.26. The first-order chi connectivity index (χ1) is 16.0. The molecule has 0 bridgehead atoms. The molecule has 3 heterocycles. The molecule has 2 aromatic carbocycles. The zero-order valence-electron chi connectivity index (χ0n) is 18.9. The third-order valence-electron chi connectivity index (χ3n) is 6.71. The van der Waals surface area contributed by atoms with Crippen molar-refractivity contribution in [2.24, 2.45) is 7.05 Å². The maximum atomic E-state index is 12.6. The highest BCUT2D eigenvalue weighted by Gasteiger charge is 2.36. The minimum Gasteiger partial charge on any atom is -0.492 e. The molecule has 1 saturated heterocycles. The Hall–Kier alpha value is -2.68. The molecule has 2 atom stereocenters. The summed E-state index contributed by atoms with van der Waals surface area (Å²) in [5.41, 5.74) is 3.40. The van der Waals surface area contributed by atoms with E-state index >= 15 is 0 Å². The Morgan fingerprint density at radius 3 is 2.61 bits per heavy atom. The van der Waals surface area contributed by atoms with Crippen LogP contribution in [0.5, 0.6) is 5.75 Å². The highest BCUT2D eigenvalue weighted by molar-refractivity contribution is 7.89. The van der Waals surface area contributed by atoms with E-state index in [1.54, 1.807) is 7.05 Å². The van der Waals surface area contributed by atoms with Crippen LogP contribution in [0.4, 0.5) is 0 Å². The van der Waals surface area contributed by atoms with Gasteiger partial charge in [0, 0.05) is 25.7 Å². The maximum absolute atomic E-state index is 12.6. The van der Waals surface area contributed by atoms with E-state index in [1.165, 1.54) is 41.0 Å². The number of hydrogen-bond acceptors (Lipinski definition) is 5. The molecule has 0 aliphatic carbocycles. The molecule has 8 heteroatoms. The van der Waals surface area contributed by atoms with Crippen molar-refractivity contribution < 1.29 is 13.2 Å². The van der Waals surface area contributed by atoms with Crippen molar-refractivity contribution in [1.82, 2.24) is 19.4 Å². The first kappa shape index (κ1) is 22.1. The number of aromatic nitrogens is 2. The van der Waals surface area contributed by atoms with Crippen LogP contribution in [0.25, 0.3) is 0 Å². The maximum Gasteiger partial charge on any atom is 0.243 e. The van der Waals surface area contributed by atoms with E-state index in [0.717, 1.165) is 30.8 Å². The molecule has 1 aromatic heterocycles.